The third kappa shape index (κ3) is 3.17. The Kier molecular flexibility index (Phi) is 4.55. The molecule has 0 radical (unpaired) electrons. The molecule has 4 aromatic rings. The number of carboxylic acid groups (broad SMARTS) is 1. The number of hydrogen-bond donors (Lipinski definition) is 1. The Morgan fingerprint density at radius 1 is 1.13 bits per heavy atom. The Morgan fingerprint density at radius 2 is 1.90 bits per heavy atom. The first-order valence-electron chi connectivity index (χ1n) is 10.0. The van der Waals surface area contributed by atoms with E-state index in [0.717, 1.165) is 33.3 Å². The van der Waals surface area contributed by atoms with Gasteiger partial charge >= 0.3 is 5.97 Å². The zero-order valence-electron chi connectivity index (χ0n) is 16.8. The zero-order chi connectivity index (χ0) is 21.5. The van der Waals surface area contributed by atoms with Gasteiger partial charge in [-0.3, -0.25) is 0 Å². The standard InChI is InChI=1S/C25H19FN2O3/c1-2-19(25(29)30)24-20-6-4-3-5-15(20)14-31-23-12-22-16(11-21(23)24)13-27-28(22)18-9-7-17(26)8-10-18/h3-13H,2,14H2,1H3,(H,29,30)/b24-19+. The first-order chi connectivity index (χ1) is 15.1. The molecule has 0 fully saturated rings. The van der Waals surface area contributed by atoms with Gasteiger partial charge in [0, 0.05) is 28.2 Å². The SMILES string of the molecule is CC/C(C(=O)O)=C1/c2ccccc2COc2cc3c(cnn3-c3ccc(F)cc3)cc21. The van der Waals surface area contributed by atoms with Crippen molar-refractivity contribution in [2.24, 2.45) is 0 Å². The van der Waals surface area contributed by atoms with E-state index in [1.807, 2.05) is 43.3 Å². The van der Waals surface area contributed by atoms with Gasteiger partial charge in [0.1, 0.15) is 18.2 Å². The predicted octanol–water partition coefficient (Wildman–Crippen LogP) is 5.35. The number of benzene rings is 3. The molecule has 31 heavy (non-hydrogen) atoms. The maximum atomic E-state index is 13.4. The van der Waals surface area contributed by atoms with Crippen LogP contribution in [0.4, 0.5) is 4.39 Å². The van der Waals surface area contributed by atoms with Crippen molar-refractivity contribution >= 4 is 22.4 Å². The van der Waals surface area contributed by atoms with E-state index in [1.165, 1.54) is 12.1 Å². The second kappa shape index (κ2) is 7.40. The number of fused-ring (bicyclic) bond motifs is 3. The molecule has 0 saturated heterocycles. The van der Waals surface area contributed by atoms with E-state index in [1.54, 1.807) is 23.0 Å². The molecule has 5 nitrogen and oxygen atoms in total. The molecular formula is C25H19FN2O3. The number of carbonyl (C=O) groups is 1. The van der Waals surface area contributed by atoms with Gasteiger partial charge in [-0.2, -0.15) is 5.10 Å². The molecule has 0 atom stereocenters. The first kappa shape index (κ1) is 19.1. The lowest BCUT2D eigenvalue weighted by molar-refractivity contribution is -0.132. The summed E-state index contributed by atoms with van der Waals surface area (Å²) < 4.78 is 21.2. The second-order valence-corrected chi connectivity index (χ2v) is 7.40. The Bertz CT molecular complexity index is 1350. The van der Waals surface area contributed by atoms with Crippen LogP contribution >= 0.6 is 0 Å². The molecule has 1 aromatic heterocycles. The maximum Gasteiger partial charge on any atom is 0.332 e. The summed E-state index contributed by atoms with van der Waals surface area (Å²) in [7, 11) is 0. The fourth-order valence-corrected chi connectivity index (χ4v) is 4.11. The summed E-state index contributed by atoms with van der Waals surface area (Å²) in [5, 5.41) is 15.2. The average Bonchev–Trinajstić information content (AvgIpc) is 3.11. The highest BCUT2D eigenvalue weighted by Gasteiger charge is 2.25. The summed E-state index contributed by atoms with van der Waals surface area (Å²) in [6, 6.07) is 17.6. The van der Waals surface area contributed by atoms with E-state index in [9.17, 15) is 14.3 Å². The fraction of sp³-hybridized carbons (Fsp3) is 0.120. The van der Waals surface area contributed by atoms with Crippen LogP contribution in [-0.4, -0.2) is 20.9 Å². The van der Waals surface area contributed by atoms with Crippen molar-refractivity contribution in [3.05, 3.63) is 94.9 Å². The van der Waals surface area contributed by atoms with Crippen molar-refractivity contribution in [1.82, 2.24) is 9.78 Å². The average molecular weight is 414 g/mol. The molecule has 2 heterocycles. The minimum atomic E-state index is -0.942. The maximum absolute atomic E-state index is 13.4. The summed E-state index contributed by atoms with van der Waals surface area (Å²) in [4.78, 5) is 12.1. The summed E-state index contributed by atoms with van der Waals surface area (Å²) in [6.07, 6.45) is 2.10. The van der Waals surface area contributed by atoms with Gasteiger partial charge in [-0.25, -0.2) is 13.9 Å². The molecule has 1 N–H and O–H groups in total. The molecule has 0 amide bonds. The summed E-state index contributed by atoms with van der Waals surface area (Å²) >= 11 is 0. The van der Waals surface area contributed by atoms with Crippen molar-refractivity contribution in [1.29, 1.82) is 0 Å². The van der Waals surface area contributed by atoms with Gasteiger partial charge < -0.3 is 9.84 Å². The zero-order valence-corrected chi connectivity index (χ0v) is 16.8. The van der Waals surface area contributed by atoms with E-state index in [0.29, 0.717) is 29.9 Å². The molecule has 1 aliphatic rings. The van der Waals surface area contributed by atoms with Crippen molar-refractivity contribution in [2.75, 3.05) is 0 Å². The van der Waals surface area contributed by atoms with Crippen LogP contribution in [0, 0.1) is 5.82 Å². The highest BCUT2D eigenvalue weighted by atomic mass is 19.1. The molecule has 0 saturated carbocycles. The van der Waals surface area contributed by atoms with Crippen LogP contribution in [0.3, 0.4) is 0 Å². The number of halogens is 1. The van der Waals surface area contributed by atoms with E-state index in [-0.39, 0.29) is 5.82 Å². The summed E-state index contributed by atoms with van der Waals surface area (Å²) in [6.45, 7) is 2.18. The summed E-state index contributed by atoms with van der Waals surface area (Å²) in [5.74, 6) is -0.664. The van der Waals surface area contributed by atoms with Crippen molar-refractivity contribution in [2.45, 2.75) is 20.0 Å². The number of aromatic nitrogens is 2. The highest BCUT2D eigenvalue weighted by molar-refractivity contribution is 6.04. The largest absolute Gasteiger partial charge is 0.488 e. The van der Waals surface area contributed by atoms with Gasteiger partial charge in [0.2, 0.25) is 0 Å². The van der Waals surface area contributed by atoms with Gasteiger partial charge in [0.25, 0.3) is 0 Å². The number of hydrogen-bond acceptors (Lipinski definition) is 3. The van der Waals surface area contributed by atoms with Crippen LogP contribution in [-0.2, 0) is 11.4 Å². The first-order valence-corrected chi connectivity index (χ1v) is 10.0. The number of ether oxygens (including phenoxy) is 1. The molecule has 0 aliphatic carbocycles. The van der Waals surface area contributed by atoms with E-state index < -0.39 is 5.97 Å². The molecule has 0 unspecified atom stereocenters. The topological polar surface area (TPSA) is 64.3 Å². The molecule has 5 rings (SSSR count). The quantitative estimate of drug-likeness (QED) is 0.459. The van der Waals surface area contributed by atoms with Gasteiger partial charge in [-0.1, -0.05) is 31.2 Å². The van der Waals surface area contributed by atoms with Crippen LogP contribution in [0.5, 0.6) is 5.75 Å². The monoisotopic (exact) mass is 414 g/mol. The van der Waals surface area contributed by atoms with E-state index in [2.05, 4.69) is 5.10 Å². The molecule has 0 bridgehead atoms. The van der Waals surface area contributed by atoms with E-state index >= 15 is 0 Å². The lowest BCUT2D eigenvalue weighted by atomic mass is 9.89. The van der Waals surface area contributed by atoms with Gasteiger partial charge in [0.05, 0.1) is 17.4 Å². The van der Waals surface area contributed by atoms with Crippen molar-refractivity contribution in [3.63, 3.8) is 0 Å². The molecular weight excluding hydrogens is 395 g/mol. The van der Waals surface area contributed by atoms with Crippen LogP contribution in [0.15, 0.2) is 72.4 Å². The number of aliphatic carboxylic acids is 1. The van der Waals surface area contributed by atoms with Gasteiger partial charge in [-0.15, -0.1) is 0 Å². The lowest BCUT2D eigenvalue weighted by Gasteiger charge is -2.14. The number of nitrogens with zero attached hydrogens (tertiary/aromatic N) is 2. The molecule has 154 valence electrons. The molecule has 0 spiro atoms. The number of rotatable bonds is 3. The third-order valence-corrected chi connectivity index (χ3v) is 5.59. The Balaban J connectivity index is 1.78. The Hall–Kier alpha value is -3.93. The normalized spacial score (nSPS) is 14.4. The molecule has 6 heteroatoms. The highest BCUT2D eigenvalue weighted by Crippen LogP contribution is 2.41. The van der Waals surface area contributed by atoms with Gasteiger partial charge in [0.15, 0.2) is 0 Å². The van der Waals surface area contributed by atoms with Gasteiger partial charge in [-0.05, 0) is 47.9 Å². The van der Waals surface area contributed by atoms with Crippen LogP contribution in [0.2, 0.25) is 0 Å². The minimum Gasteiger partial charge on any atom is -0.488 e. The Labute approximate surface area is 178 Å². The fourth-order valence-electron chi connectivity index (χ4n) is 4.11. The third-order valence-electron chi connectivity index (χ3n) is 5.59. The van der Waals surface area contributed by atoms with Crippen LogP contribution < -0.4 is 4.74 Å². The van der Waals surface area contributed by atoms with E-state index in [4.69, 9.17) is 4.74 Å². The number of carboxylic acids is 1. The Morgan fingerprint density at radius 3 is 2.65 bits per heavy atom. The van der Waals surface area contributed by atoms with Crippen molar-refractivity contribution in [3.8, 4) is 11.4 Å². The smallest absolute Gasteiger partial charge is 0.332 e. The molecule has 1 aliphatic heterocycles. The predicted molar refractivity (Wildman–Crippen MR) is 116 cm³/mol. The second-order valence-electron chi connectivity index (χ2n) is 7.40. The van der Waals surface area contributed by atoms with Crippen molar-refractivity contribution < 1.29 is 19.0 Å². The molecule has 3 aromatic carbocycles. The van der Waals surface area contributed by atoms with Crippen LogP contribution in [0.25, 0.3) is 22.2 Å². The summed E-state index contributed by atoms with van der Waals surface area (Å²) in [5.41, 5.74) is 5.07. The lowest BCUT2D eigenvalue weighted by Crippen LogP contribution is -2.05. The minimum absolute atomic E-state index is 0.314. The van der Waals surface area contributed by atoms with Crippen LogP contribution in [0.1, 0.15) is 30.0 Å².